The van der Waals surface area contributed by atoms with Gasteiger partial charge in [0.15, 0.2) is 5.82 Å². The van der Waals surface area contributed by atoms with Gasteiger partial charge in [0.25, 0.3) is 5.56 Å². The third kappa shape index (κ3) is 4.29. The molecule has 0 spiro atoms. The van der Waals surface area contributed by atoms with Gasteiger partial charge in [-0.1, -0.05) is 19.1 Å². The van der Waals surface area contributed by atoms with Crippen LogP contribution in [0.5, 0.6) is 0 Å². The minimum Gasteiger partial charge on any atom is -0.352 e. The molecule has 3 heterocycles. The van der Waals surface area contributed by atoms with E-state index in [0.717, 1.165) is 76.1 Å². The van der Waals surface area contributed by atoms with Gasteiger partial charge in [0.05, 0.1) is 11.0 Å². The number of aryl methyl sites for hydroxylation is 1. The Morgan fingerprint density at radius 2 is 1.72 bits per heavy atom. The summed E-state index contributed by atoms with van der Waals surface area (Å²) in [6, 6.07) is 7.73. The molecule has 0 unspecified atom stereocenters. The van der Waals surface area contributed by atoms with E-state index in [4.69, 9.17) is 0 Å². The third-order valence-electron chi connectivity index (χ3n) is 6.06. The topological polar surface area (TPSA) is 61.7 Å². The number of carbonyl (C=O) groups is 1. The van der Waals surface area contributed by atoms with Crippen molar-refractivity contribution in [2.75, 3.05) is 50.7 Å². The first kappa shape index (κ1) is 19.9. The molecule has 0 atom stereocenters. The lowest BCUT2D eigenvalue weighted by Gasteiger charge is -2.34. The maximum Gasteiger partial charge on any atom is 0.294 e. The van der Waals surface area contributed by atoms with Crippen LogP contribution in [-0.4, -0.2) is 71.1 Å². The Labute approximate surface area is 171 Å². The Kier molecular flexibility index (Phi) is 6.13. The third-order valence-corrected chi connectivity index (χ3v) is 6.06. The smallest absolute Gasteiger partial charge is 0.294 e. The van der Waals surface area contributed by atoms with Crippen LogP contribution in [0.25, 0.3) is 11.0 Å². The van der Waals surface area contributed by atoms with Gasteiger partial charge in [-0.2, -0.15) is 0 Å². The van der Waals surface area contributed by atoms with Crippen molar-refractivity contribution < 1.29 is 4.79 Å². The molecule has 0 aliphatic carbocycles. The molecule has 0 saturated carbocycles. The molecule has 4 rings (SSSR count). The maximum atomic E-state index is 13.2. The van der Waals surface area contributed by atoms with Crippen molar-refractivity contribution in [1.82, 2.24) is 19.4 Å². The summed E-state index contributed by atoms with van der Waals surface area (Å²) in [5.41, 5.74) is 1.54. The molecule has 1 amide bonds. The minimum absolute atomic E-state index is 0.0776. The molecule has 0 N–H and O–H groups in total. The highest BCUT2D eigenvalue weighted by atomic mass is 16.2. The van der Waals surface area contributed by atoms with E-state index in [1.807, 2.05) is 29.2 Å². The van der Waals surface area contributed by atoms with E-state index in [-0.39, 0.29) is 11.5 Å². The fourth-order valence-electron chi connectivity index (χ4n) is 4.44. The second-order valence-corrected chi connectivity index (χ2v) is 8.05. The monoisotopic (exact) mass is 397 g/mol. The van der Waals surface area contributed by atoms with E-state index >= 15 is 0 Å². The van der Waals surface area contributed by atoms with Gasteiger partial charge in [0.1, 0.15) is 0 Å². The van der Waals surface area contributed by atoms with Crippen LogP contribution in [0.2, 0.25) is 0 Å². The highest BCUT2D eigenvalue weighted by Crippen LogP contribution is 2.18. The summed E-state index contributed by atoms with van der Waals surface area (Å²) in [6.45, 7) is 8.88. The molecule has 0 bridgehead atoms. The zero-order chi connectivity index (χ0) is 20.2. The van der Waals surface area contributed by atoms with Crippen molar-refractivity contribution in [1.29, 1.82) is 0 Å². The Hall–Kier alpha value is -2.41. The van der Waals surface area contributed by atoms with Gasteiger partial charge >= 0.3 is 0 Å². The summed E-state index contributed by atoms with van der Waals surface area (Å²) in [5.74, 6) is 0.665. The van der Waals surface area contributed by atoms with Crippen molar-refractivity contribution in [3.05, 3.63) is 34.6 Å². The van der Waals surface area contributed by atoms with E-state index in [0.29, 0.717) is 18.8 Å². The number of amides is 1. The van der Waals surface area contributed by atoms with Crippen molar-refractivity contribution in [3.63, 3.8) is 0 Å². The second kappa shape index (κ2) is 8.95. The van der Waals surface area contributed by atoms with E-state index < -0.39 is 0 Å². The fraction of sp³-hybridized carbons (Fsp3) is 0.591. The normalized spacial score (nSPS) is 18.0. The van der Waals surface area contributed by atoms with Crippen molar-refractivity contribution in [3.8, 4) is 0 Å². The molecule has 2 fully saturated rings. The first-order chi connectivity index (χ1) is 14.2. The predicted octanol–water partition coefficient (Wildman–Crippen LogP) is 1.94. The number of hydrogen-bond acceptors (Lipinski definition) is 5. The fourth-order valence-corrected chi connectivity index (χ4v) is 4.44. The van der Waals surface area contributed by atoms with Crippen molar-refractivity contribution in [2.45, 2.75) is 39.2 Å². The van der Waals surface area contributed by atoms with Crippen LogP contribution < -0.4 is 10.5 Å². The molecule has 156 valence electrons. The molecule has 0 radical (unpaired) electrons. The first-order valence-corrected chi connectivity index (χ1v) is 10.9. The molecule has 2 saturated heterocycles. The number of para-hydroxylation sites is 2. The SMILES string of the molecule is CCCN1CCN(C(=O)CCn2c(=O)c(N3CCCC3)nc3ccccc32)CC1. The highest BCUT2D eigenvalue weighted by Gasteiger charge is 2.23. The Morgan fingerprint density at radius 3 is 2.45 bits per heavy atom. The summed E-state index contributed by atoms with van der Waals surface area (Å²) in [5, 5.41) is 0. The van der Waals surface area contributed by atoms with Gasteiger partial charge < -0.3 is 14.4 Å². The number of fused-ring (bicyclic) bond motifs is 1. The van der Waals surface area contributed by atoms with Gasteiger partial charge in [-0.3, -0.25) is 14.5 Å². The molecule has 1 aromatic heterocycles. The molecule has 29 heavy (non-hydrogen) atoms. The molecule has 1 aromatic carbocycles. The molecule has 7 heteroatoms. The van der Waals surface area contributed by atoms with Crippen LogP contribution in [0.4, 0.5) is 5.82 Å². The summed E-state index contributed by atoms with van der Waals surface area (Å²) in [7, 11) is 0. The molecular formula is C22H31N5O2. The summed E-state index contributed by atoms with van der Waals surface area (Å²) < 4.78 is 1.75. The minimum atomic E-state index is -0.0776. The largest absolute Gasteiger partial charge is 0.352 e. The number of carbonyl (C=O) groups excluding carboxylic acids is 1. The van der Waals surface area contributed by atoms with Crippen LogP contribution in [0, 0.1) is 0 Å². The molecule has 7 nitrogen and oxygen atoms in total. The average Bonchev–Trinajstić information content (AvgIpc) is 3.28. The van der Waals surface area contributed by atoms with E-state index in [1.54, 1.807) is 4.57 Å². The van der Waals surface area contributed by atoms with Gasteiger partial charge in [-0.25, -0.2) is 4.98 Å². The summed E-state index contributed by atoms with van der Waals surface area (Å²) >= 11 is 0. The zero-order valence-corrected chi connectivity index (χ0v) is 17.3. The van der Waals surface area contributed by atoms with Gasteiger partial charge in [0, 0.05) is 52.2 Å². The predicted molar refractivity (Wildman–Crippen MR) is 115 cm³/mol. The van der Waals surface area contributed by atoms with Crippen molar-refractivity contribution >= 4 is 22.8 Å². The molecule has 2 aliphatic rings. The van der Waals surface area contributed by atoms with Gasteiger partial charge in [0.2, 0.25) is 5.91 Å². The number of nitrogens with zero attached hydrogens (tertiary/aromatic N) is 5. The Bertz CT molecular complexity index is 911. The van der Waals surface area contributed by atoms with Gasteiger partial charge in [-0.15, -0.1) is 0 Å². The quantitative estimate of drug-likeness (QED) is 0.746. The zero-order valence-electron chi connectivity index (χ0n) is 17.3. The van der Waals surface area contributed by atoms with Crippen LogP contribution in [0.15, 0.2) is 29.1 Å². The number of anilines is 1. The number of benzene rings is 1. The Morgan fingerprint density at radius 1 is 1.00 bits per heavy atom. The highest BCUT2D eigenvalue weighted by molar-refractivity contribution is 5.78. The lowest BCUT2D eigenvalue weighted by Crippen LogP contribution is -2.49. The maximum absolute atomic E-state index is 13.2. The van der Waals surface area contributed by atoms with Crippen molar-refractivity contribution in [2.24, 2.45) is 0 Å². The molecule has 2 aliphatic heterocycles. The lowest BCUT2D eigenvalue weighted by molar-refractivity contribution is -0.133. The average molecular weight is 398 g/mol. The van der Waals surface area contributed by atoms with Gasteiger partial charge in [-0.05, 0) is 37.9 Å². The molecular weight excluding hydrogens is 366 g/mol. The standard InChI is InChI=1S/C22H31N5O2/c1-2-10-24-14-16-25(17-15-24)20(28)9-13-27-19-8-4-3-7-18(19)23-21(22(27)29)26-11-5-6-12-26/h3-4,7-8H,2,5-6,9-17H2,1H3. The van der Waals surface area contributed by atoms with E-state index in [9.17, 15) is 9.59 Å². The summed E-state index contributed by atoms with van der Waals surface area (Å²) in [4.78, 5) is 37.1. The van der Waals surface area contributed by atoms with Crippen LogP contribution in [0.3, 0.4) is 0 Å². The van der Waals surface area contributed by atoms with Crippen LogP contribution >= 0.6 is 0 Å². The number of piperazine rings is 1. The number of rotatable bonds is 6. The first-order valence-electron chi connectivity index (χ1n) is 10.9. The lowest BCUT2D eigenvalue weighted by atomic mass is 10.2. The molecule has 2 aromatic rings. The van der Waals surface area contributed by atoms with E-state index in [2.05, 4.69) is 21.7 Å². The Balaban J connectivity index is 1.51. The second-order valence-electron chi connectivity index (χ2n) is 8.05. The summed E-state index contributed by atoms with van der Waals surface area (Å²) in [6.07, 6.45) is 3.68. The number of aromatic nitrogens is 2. The van der Waals surface area contributed by atoms with Crippen LogP contribution in [0.1, 0.15) is 32.6 Å². The van der Waals surface area contributed by atoms with E-state index in [1.165, 1.54) is 0 Å². The number of hydrogen-bond donors (Lipinski definition) is 0. The van der Waals surface area contributed by atoms with Crippen LogP contribution in [-0.2, 0) is 11.3 Å².